The van der Waals surface area contributed by atoms with Crippen molar-refractivity contribution in [3.05, 3.63) is 70.6 Å². The summed E-state index contributed by atoms with van der Waals surface area (Å²) in [5.74, 6) is 0.915. The highest BCUT2D eigenvalue weighted by Crippen LogP contribution is 2.52. The average Bonchev–Trinajstić information content (AvgIpc) is 3.45. The number of amidine groups is 1. The number of hydrogen-bond acceptors (Lipinski definition) is 6. The van der Waals surface area contributed by atoms with Gasteiger partial charge in [-0.1, -0.05) is 67.4 Å². The van der Waals surface area contributed by atoms with Crippen molar-refractivity contribution in [2.75, 3.05) is 18.6 Å². The minimum atomic E-state index is 0.0895. The second-order valence-corrected chi connectivity index (χ2v) is 11.3. The number of fused-ring (bicyclic) bond motifs is 2. The van der Waals surface area contributed by atoms with Crippen LogP contribution in [0.1, 0.15) is 39.0 Å². The molecule has 0 N–H and O–H groups in total. The summed E-state index contributed by atoms with van der Waals surface area (Å²) in [4.78, 5) is 25.4. The number of nitrogens with zero attached hydrogens (tertiary/aromatic N) is 3. The van der Waals surface area contributed by atoms with Crippen LogP contribution in [0.15, 0.2) is 80.5 Å². The summed E-state index contributed by atoms with van der Waals surface area (Å²) >= 11 is 3.21. The molecular formula is C29H29N3O2S2. The molecule has 0 radical (unpaired) electrons. The zero-order valence-corrected chi connectivity index (χ0v) is 22.2. The fourth-order valence-electron chi connectivity index (χ4n) is 5.34. The Labute approximate surface area is 220 Å². The maximum absolute atomic E-state index is 14.1. The third kappa shape index (κ3) is 4.08. The van der Waals surface area contributed by atoms with Crippen molar-refractivity contribution in [2.24, 2.45) is 4.99 Å². The number of carbonyl (C=O) groups is 1. The van der Waals surface area contributed by atoms with Crippen LogP contribution in [0, 0.1) is 0 Å². The number of anilines is 1. The monoisotopic (exact) mass is 515 g/mol. The van der Waals surface area contributed by atoms with Crippen molar-refractivity contribution in [1.82, 2.24) is 4.90 Å². The number of carbonyl (C=O) groups excluding carboxylic acids is 1. The van der Waals surface area contributed by atoms with Crippen LogP contribution < -0.4 is 9.64 Å². The van der Waals surface area contributed by atoms with Crippen LogP contribution >= 0.6 is 23.5 Å². The first-order valence-corrected chi connectivity index (χ1v) is 14.3. The molecule has 3 aromatic carbocycles. The maximum Gasteiger partial charge on any atom is 0.269 e. The number of thioether (sulfide) groups is 2. The van der Waals surface area contributed by atoms with E-state index in [1.165, 1.54) is 18.2 Å². The van der Waals surface area contributed by atoms with Gasteiger partial charge in [-0.05, 0) is 55.1 Å². The number of rotatable bonds is 4. The first-order chi connectivity index (χ1) is 17.7. The van der Waals surface area contributed by atoms with E-state index in [-0.39, 0.29) is 11.9 Å². The Morgan fingerprint density at radius 3 is 2.61 bits per heavy atom. The van der Waals surface area contributed by atoms with Gasteiger partial charge in [0.15, 0.2) is 5.17 Å². The van der Waals surface area contributed by atoms with Crippen LogP contribution in [0.3, 0.4) is 0 Å². The Balaban J connectivity index is 1.45. The summed E-state index contributed by atoms with van der Waals surface area (Å²) in [5.41, 5.74) is 2.01. The smallest absolute Gasteiger partial charge is 0.269 e. The molecule has 0 bridgehead atoms. The van der Waals surface area contributed by atoms with E-state index in [0.717, 1.165) is 80.1 Å². The minimum Gasteiger partial charge on any atom is -0.497 e. The van der Waals surface area contributed by atoms with Gasteiger partial charge in [0, 0.05) is 28.9 Å². The maximum atomic E-state index is 14.1. The van der Waals surface area contributed by atoms with Gasteiger partial charge >= 0.3 is 0 Å². The summed E-state index contributed by atoms with van der Waals surface area (Å²) in [7, 11) is 1.69. The van der Waals surface area contributed by atoms with Crippen molar-refractivity contribution in [3.8, 4) is 5.75 Å². The summed E-state index contributed by atoms with van der Waals surface area (Å²) in [6.45, 7) is 2.91. The number of methoxy groups -OCH3 is 1. The molecule has 0 spiro atoms. The van der Waals surface area contributed by atoms with E-state index < -0.39 is 0 Å². The van der Waals surface area contributed by atoms with Gasteiger partial charge in [0.25, 0.3) is 5.91 Å². The van der Waals surface area contributed by atoms with Gasteiger partial charge in [0.05, 0.1) is 18.5 Å². The molecule has 1 saturated carbocycles. The summed E-state index contributed by atoms with van der Waals surface area (Å²) < 4.78 is 5.48. The number of aliphatic imine (C=N–C) groups is 1. The quantitative estimate of drug-likeness (QED) is 0.336. The normalized spacial score (nSPS) is 21.6. The second kappa shape index (κ2) is 9.87. The third-order valence-electron chi connectivity index (χ3n) is 7.15. The molecular weight excluding hydrogens is 486 g/mol. The molecule has 2 heterocycles. The highest BCUT2D eigenvalue weighted by atomic mass is 32.2. The fourth-order valence-corrected chi connectivity index (χ4v) is 7.76. The van der Waals surface area contributed by atoms with E-state index in [1.54, 1.807) is 18.9 Å². The van der Waals surface area contributed by atoms with Crippen LogP contribution in [0.2, 0.25) is 0 Å². The molecule has 0 aromatic heterocycles. The van der Waals surface area contributed by atoms with Crippen LogP contribution in [-0.4, -0.2) is 35.7 Å². The topological polar surface area (TPSA) is 45.1 Å². The van der Waals surface area contributed by atoms with Gasteiger partial charge in [-0.3, -0.25) is 9.69 Å². The molecule has 6 rings (SSSR count). The van der Waals surface area contributed by atoms with Crippen molar-refractivity contribution < 1.29 is 9.53 Å². The summed E-state index contributed by atoms with van der Waals surface area (Å²) in [6, 6.07) is 20.9. The Bertz CT molecular complexity index is 1390. The molecule has 1 saturated heterocycles. The van der Waals surface area contributed by atoms with Crippen molar-refractivity contribution in [1.29, 1.82) is 0 Å². The zero-order valence-electron chi connectivity index (χ0n) is 20.6. The number of amides is 1. The molecule has 3 aromatic rings. The van der Waals surface area contributed by atoms with E-state index in [2.05, 4.69) is 48.2 Å². The van der Waals surface area contributed by atoms with Crippen molar-refractivity contribution in [2.45, 2.75) is 50.0 Å². The number of ether oxygens (including phenoxy) is 1. The Morgan fingerprint density at radius 1 is 1.00 bits per heavy atom. The van der Waals surface area contributed by atoms with Crippen LogP contribution in [-0.2, 0) is 4.79 Å². The van der Waals surface area contributed by atoms with Crippen LogP contribution in [0.25, 0.3) is 10.8 Å². The predicted molar refractivity (Wildman–Crippen MR) is 151 cm³/mol. The third-order valence-corrected chi connectivity index (χ3v) is 9.51. The van der Waals surface area contributed by atoms with Crippen molar-refractivity contribution in [3.63, 3.8) is 0 Å². The van der Waals surface area contributed by atoms with Crippen LogP contribution in [0.5, 0.6) is 5.75 Å². The number of hydrogen-bond donors (Lipinski definition) is 0. The highest BCUT2D eigenvalue weighted by Gasteiger charge is 2.43. The van der Waals surface area contributed by atoms with E-state index in [1.807, 2.05) is 29.2 Å². The van der Waals surface area contributed by atoms with E-state index >= 15 is 0 Å². The zero-order chi connectivity index (χ0) is 24.6. The summed E-state index contributed by atoms with van der Waals surface area (Å²) in [5, 5.41) is 4.06. The molecule has 36 heavy (non-hydrogen) atoms. The lowest BCUT2D eigenvalue weighted by atomic mass is 9.94. The molecule has 2 fully saturated rings. The lowest BCUT2D eigenvalue weighted by Gasteiger charge is -2.30. The van der Waals surface area contributed by atoms with Crippen molar-refractivity contribution >= 4 is 56.7 Å². The predicted octanol–water partition coefficient (Wildman–Crippen LogP) is 7.55. The van der Waals surface area contributed by atoms with Gasteiger partial charge in [-0.25, -0.2) is 4.99 Å². The molecule has 0 unspecified atom stereocenters. The van der Waals surface area contributed by atoms with Gasteiger partial charge in [-0.2, -0.15) is 0 Å². The molecule has 5 nitrogen and oxygen atoms in total. The molecule has 0 atom stereocenters. The minimum absolute atomic E-state index is 0.0895. The fraction of sp³-hybridized carbons (Fsp3) is 0.310. The van der Waals surface area contributed by atoms with Crippen LogP contribution in [0.4, 0.5) is 11.4 Å². The molecule has 184 valence electrons. The molecule has 3 aliphatic rings. The molecule has 1 amide bonds. The Morgan fingerprint density at radius 2 is 1.81 bits per heavy atom. The molecule has 2 aliphatic heterocycles. The number of benzene rings is 3. The molecule has 1 aliphatic carbocycles. The summed E-state index contributed by atoms with van der Waals surface area (Å²) in [6.07, 6.45) is 5.63. The Kier molecular flexibility index (Phi) is 6.44. The van der Waals surface area contributed by atoms with Gasteiger partial charge in [0.1, 0.15) is 15.7 Å². The highest BCUT2D eigenvalue weighted by molar-refractivity contribution is 8.19. The van der Waals surface area contributed by atoms with E-state index in [9.17, 15) is 4.79 Å². The lowest BCUT2D eigenvalue weighted by molar-refractivity contribution is -0.124. The molecule has 7 heteroatoms. The van der Waals surface area contributed by atoms with E-state index in [0.29, 0.717) is 0 Å². The first-order valence-electron chi connectivity index (χ1n) is 12.6. The average molecular weight is 516 g/mol. The lowest BCUT2D eigenvalue weighted by Crippen LogP contribution is -2.40. The van der Waals surface area contributed by atoms with Gasteiger partial charge < -0.3 is 9.64 Å². The largest absolute Gasteiger partial charge is 0.497 e. The van der Waals surface area contributed by atoms with Gasteiger partial charge in [0.2, 0.25) is 0 Å². The van der Waals surface area contributed by atoms with E-state index in [4.69, 9.17) is 9.73 Å². The Hall–Kier alpha value is -2.90. The first kappa shape index (κ1) is 23.5. The SMILES string of the molecule is CCN1/C(=C2/SC(=Nc3cccc4ccccc34)N(C3CCCCC3)C2=O)Sc2ccc(OC)cc21. The second-order valence-electron chi connectivity index (χ2n) is 9.28. The van der Waals surface area contributed by atoms with Gasteiger partial charge in [-0.15, -0.1) is 0 Å². The standard InChI is InChI=1S/C29H29N3O2S2/c1-3-31-24-18-21(34-2)16-17-25(24)35-28(31)26-27(33)32(20-12-5-4-6-13-20)29(36-26)30-23-15-9-11-19-10-7-8-14-22(19)23/h7-11,14-18,20H,3-6,12-13H2,1-2H3/b28-26-,30-29?.